The number of nitrogens with zero attached hydrogens (tertiary/aromatic N) is 2. The van der Waals surface area contributed by atoms with Crippen LogP contribution in [-0.4, -0.2) is 46.8 Å². The summed E-state index contributed by atoms with van der Waals surface area (Å²) in [7, 11) is 0. The maximum absolute atomic E-state index is 10.9. The highest BCUT2D eigenvalue weighted by Gasteiger charge is 2.27. The first-order chi connectivity index (χ1) is 11.7. The van der Waals surface area contributed by atoms with Gasteiger partial charge in [-0.3, -0.25) is 4.68 Å². The number of hydrogen-bond donors (Lipinski definition) is 2. The van der Waals surface area contributed by atoms with Crippen molar-refractivity contribution in [2.75, 3.05) is 19.8 Å². The largest absolute Gasteiger partial charge is 0.493 e. The quantitative estimate of drug-likeness (QED) is 0.845. The second-order valence-electron chi connectivity index (χ2n) is 5.84. The summed E-state index contributed by atoms with van der Waals surface area (Å²) in [5, 5.41) is 15.6. The highest BCUT2D eigenvalue weighted by Crippen LogP contribution is 2.19. The molecule has 0 bridgehead atoms. The fourth-order valence-electron chi connectivity index (χ4n) is 2.79. The summed E-state index contributed by atoms with van der Waals surface area (Å²) in [6.45, 7) is 2.21. The number of amides is 1. The number of ether oxygens (including phenoxy) is 2. The zero-order valence-corrected chi connectivity index (χ0v) is 13.3. The summed E-state index contributed by atoms with van der Waals surface area (Å²) in [6, 6.07) is 9.61. The van der Waals surface area contributed by atoms with Crippen LogP contribution >= 0.6 is 0 Å². The van der Waals surface area contributed by atoms with Crippen LogP contribution < -0.4 is 10.1 Å². The Kier molecular flexibility index (Phi) is 5.32. The third kappa shape index (κ3) is 4.48. The summed E-state index contributed by atoms with van der Waals surface area (Å²) in [6.07, 6.45) is 3.34. The molecule has 2 aromatic rings. The molecule has 0 spiro atoms. The molecule has 0 aliphatic carbocycles. The summed E-state index contributed by atoms with van der Waals surface area (Å²) >= 11 is 0. The number of carbonyl (C=O) groups is 1. The van der Waals surface area contributed by atoms with E-state index in [2.05, 4.69) is 10.4 Å². The standard InChI is InChI=1S/C17H21N3O4/c21-17(22)19-16-6-9-23-11-14(16)12-24-15-4-2-13(3-5-15)10-20-8-1-7-18-20/h1-5,7-8,14,16,19H,6,9-12H2,(H,21,22)/t14-,16+/m1/s1. The fraction of sp³-hybridized carbons (Fsp3) is 0.412. The summed E-state index contributed by atoms with van der Waals surface area (Å²) in [5.74, 6) is 0.775. The summed E-state index contributed by atoms with van der Waals surface area (Å²) in [5.41, 5.74) is 1.14. The first-order valence-electron chi connectivity index (χ1n) is 7.97. The van der Waals surface area contributed by atoms with E-state index in [-0.39, 0.29) is 12.0 Å². The van der Waals surface area contributed by atoms with E-state index in [1.807, 2.05) is 41.2 Å². The van der Waals surface area contributed by atoms with Gasteiger partial charge in [0, 0.05) is 31.0 Å². The van der Waals surface area contributed by atoms with E-state index in [0.717, 1.165) is 11.3 Å². The topological polar surface area (TPSA) is 85.6 Å². The second kappa shape index (κ2) is 7.83. The molecule has 1 aromatic carbocycles. The Morgan fingerprint density at radius 3 is 2.96 bits per heavy atom. The van der Waals surface area contributed by atoms with E-state index in [0.29, 0.717) is 32.8 Å². The second-order valence-corrected chi connectivity index (χ2v) is 5.84. The number of hydrogen-bond acceptors (Lipinski definition) is 4. The van der Waals surface area contributed by atoms with Gasteiger partial charge < -0.3 is 19.9 Å². The molecule has 1 saturated heterocycles. The molecule has 128 valence electrons. The lowest BCUT2D eigenvalue weighted by atomic mass is 9.97. The maximum Gasteiger partial charge on any atom is 0.404 e. The van der Waals surface area contributed by atoms with Crippen molar-refractivity contribution in [3.63, 3.8) is 0 Å². The third-order valence-electron chi connectivity index (χ3n) is 4.07. The summed E-state index contributed by atoms with van der Waals surface area (Å²) < 4.78 is 13.1. The lowest BCUT2D eigenvalue weighted by molar-refractivity contribution is 0.0139. The van der Waals surface area contributed by atoms with Crippen LogP contribution in [0.15, 0.2) is 42.7 Å². The van der Waals surface area contributed by atoms with Crippen LogP contribution in [0, 0.1) is 5.92 Å². The van der Waals surface area contributed by atoms with Gasteiger partial charge in [-0.1, -0.05) is 12.1 Å². The molecule has 1 aliphatic rings. The Hall–Kier alpha value is -2.54. The Balaban J connectivity index is 1.52. The molecule has 1 aliphatic heterocycles. The minimum absolute atomic E-state index is 0.0126. The molecule has 0 saturated carbocycles. The van der Waals surface area contributed by atoms with Crippen molar-refractivity contribution in [1.82, 2.24) is 15.1 Å². The van der Waals surface area contributed by atoms with Gasteiger partial charge in [0.15, 0.2) is 0 Å². The van der Waals surface area contributed by atoms with E-state index in [9.17, 15) is 4.79 Å². The van der Waals surface area contributed by atoms with Gasteiger partial charge in [0.05, 0.1) is 19.8 Å². The molecule has 3 rings (SSSR count). The SMILES string of the molecule is O=C(O)N[C@H]1CCOC[C@@H]1COc1ccc(Cn2cccn2)cc1. The number of carboxylic acid groups (broad SMARTS) is 1. The fourth-order valence-corrected chi connectivity index (χ4v) is 2.79. The highest BCUT2D eigenvalue weighted by atomic mass is 16.5. The zero-order valence-electron chi connectivity index (χ0n) is 13.3. The Morgan fingerprint density at radius 1 is 1.42 bits per heavy atom. The van der Waals surface area contributed by atoms with Crippen molar-refractivity contribution in [2.24, 2.45) is 5.92 Å². The van der Waals surface area contributed by atoms with Crippen LogP contribution in [0.4, 0.5) is 4.79 Å². The van der Waals surface area contributed by atoms with Gasteiger partial charge in [0.1, 0.15) is 5.75 Å². The first kappa shape index (κ1) is 16.3. The molecule has 2 N–H and O–H groups in total. The van der Waals surface area contributed by atoms with Crippen molar-refractivity contribution >= 4 is 6.09 Å². The molecule has 0 unspecified atom stereocenters. The van der Waals surface area contributed by atoms with Crippen molar-refractivity contribution in [3.05, 3.63) is 48.3 Å². The van der Waals surface area contributed by atoms with Crippen LogP contribution in [0.3, 0.4) is 0 Å². The molecule has 1 amide bonds. The predicted molar refractivity (Wildman–Crippen MR) is 87.1 cm³/mol. The Morgan fingerprint density at radius 2 is 2.25 bits per heavy atom. The van der Waals surface area contributed by atoms with Gasteiger partial charge in [0.25, 0.3) is 0 Å². The zero-order chi connectivity index (χ0) is 16.8. The Bertz CT molecular complexity index is 642. The lowest BCUT2D eigenvalue weighted by Crippen LogP contribution is -2.47. The van der Waals surface area contributed by atoms with Crippen molar-refractivity contribution in [1.29, 1.82) is 0 Å². The molecule has 1 aromatic heterocycles. The van der Waals surface area contributed by atoms with Crippen LogP contribution in [-0.2, 0) is 11.3 Å². The third-order valence-corrected chi connectivity index (χ3v) is 4.07. The van der Waals surface area contributed by atoms with Gasteiger partial charge >= 0.3 is 6.09 Å². The molecular weight excluding hydrogens is 310 g/mol. The van der Waals surface area contributed by atoms with Crippen LogP contribution in [0.5, 0.6) is 5.75 Å². The smallest absolute Gasteiger partial charge is 0.404 e. The van der Waals surface area contributed by atoms with Gasteiger partial charge in [0.2, 0.25) is 0 Å². The monoisotopic (exact) mass is 331 g/mol. The summed E-state index contributed by atoms with van der Waals surface area (Å²) in [4.78, 5) is 10.9. The molecule has 7 heteroatoms. The van der Waals surface area contributed by atoms with E-state index in [4.69, 9.17) is 14.6 Å². The van der Waals surface area contributed by atoms with Gasteiger partial charge in [-0.05, 0) is 30.2 Å². The van der Waals surface area contributed by atoms with Gasteiger partial charge in [-0.2, -0.15) is 5.10 Å². The number of benzene rings is 1. The van der Waals surface area contributed by atoms with Crippen LogP contribution in [0.1, 0.15) is 12.0 Å². The van der Waals surface area contributed by atoms with Crippen molar-refractivity contribution in [2.45, 2.75) is 19.0 Å². The molecule has 0 radical (unpaired) electrons. The highest BCUT2D eigenvalue weighted by molar-refractivity contribution is 5.64. The minimum atomic E-state index is -1.00. The average molecular weight is 331 g/mol. The van der Waals surface area contributed by atoms with Crippen LogP contribution in [0.2, 0.25) is 0 Å². The number of nitrogens with one attached hydrogen (secondary N) is 1. The first-order valence-corrected chi connectivity index (χ1v) is 7.97. The minimum Gasteiger partial charge on any atom is -0.493 e. The van der Waals surface area contributed by atoms with E-state index < -0.39 is 6.09 Å². The lowest BCUT2D eigenvalue weighted by Gasteiger charge is -2.31. The van der Waals surface area contributed by atoms with Crippen LogP contribution in [0.25, 0.3) is 0 Å². The maximum atomic E-state index is 10.9. The van der Waals surface area contributed by atoms with E-state index in [1.165, 1.54) is 0 Å². The van der Waals surface area contributed by atoms with Gasteiger partial charge in [-0.25, -0.2) is 4.79 Å². The molecule has 2 heterocycles. The molecule has 2 atom stereocenters. The van der Waals surface area contributed by atoms with E-state index in [1.54, 1.807) is 6.20 Å². The molecule has 7 nitrogen and oxygen atoms in total. The number of aromatic nitrogens is 2. The number of rotatable bonds is 6. The van der Waals surface area contributed by atoms with Crippen molar-refractivity contribution in [3.8, 4) is 5.75 Å². The van der Waals surface area contributed by atoms with E-state index >= 15 is 0 Å². The molecular formula is C17H21N3O4. The van der Waals surface area contributed by atoms with Crippen molar-refractivity contribution < 1.29 is 19.4 Å². The molecule has 24 heavy (non-hydrogen) atoms. The average Bonchev–Trinajstić information content (AvgIpc) is 3.08. The Labute approximate surface area is 140 Å². The predicted octanol–water partition coefficient (Wildman–Crippen LogP) is 1.98. The normalized spacial score (nSPS) is 20.5. The molecule has 1 fully saturated rings. The van der Waals surface area contributed by atoms with Gasteiger partial charge in [-0.15, -0.1) is 0 Å².